The van der Waals surface area contributed by atoms with Crippen molar-refractivity contribution in [3.63, 3.8) is 0 Å². The van der Waals surface area contributed by atoms with Gasteiger partial charge in [0, 0.05) is 5.54 Å². The molecule has 1 aliphatic rings. The number of anilines is 1. The number of para-hydroxylation sites is 2. The maximum Gasteiger partial charge on any atom is 0.268 e. The molecule has 20 heavy (non-hydrogen) atoms. The highest BCUT2D eigenvalue weighted by Crippen LogP contribution is 2.33. The van der Waals surface area contributed by atoms with Gasteiger partial charge in [-0.1, -0.05) is 12.1 Å². The third-order valence-electron chi connectivity index (χ3n) is 2.89. The molecule has 0 aliphatic carbocycles. The Hall–Kier alpha value is -2.04. The van der Waals surface area contributed by atoms with Crippen molar-refractivity contribution in [1.29, 1.82) is 0 Å². The van der Waals surface area contributed by atoms with Gasteiger partial charge in [0.25, 0.3) is 5.91 Å². The predicted octanol–water partition coefficient (Wildman–Crippen LogP) is 1.72. The molecular formula is C15H20N2O3. The lowest BCUT2D eigenvalue weighted by Crippen LogP contribution is -2.51. The van der Waals surface area contributed by atoms with Crippen molar-refractivity contribution < 1.29 is 14.3 Å². The van der Waals surface area contributed by atoms with Crippen molar-refractivity contribution >= 4 is 17.5 Å². The Labute approximate surface area is 118 Å². The Morgan fingerprint density at radius 2 is 2.00 bits per heavy atom. The van der Waals surface area contributed by atoms with Gasteiger partial charge in [-0.3, -0.25) is 14.5 Å². The molecule has 0 unspecified atom stereocenters. The van der Waals surface area contributed by atoms with Gasteiger partial charge in [0.1, 0.15) is 12.3 Å². The number of hydrogen-bond acceptors (Lipinski definition) is 3. The summed E-state index contributed by atoms with van der Waals surface area (Å²) in [5, 5.41) is 2.86. The Morgan fingerprint density at radius 1 is 1.35 bits per heavy atom. The van der Waals surface area contributed by atoms with Crippen molar-refractivity contribution in [2.45, 2.75) is 39.3 Å². The van der Waals surface area contributed by atoms with E-state index in [1.54, 1.807) is 19.1 Å². The number of fused-ring (bicyclic) bond motifs is 1. The van der Waals surface area contributed by atoms with E-state index < -0.39 is 6.10 Å². The van der Waals surface area contributed by atoms with Gasteiger partial charge in [0.05, 0.1) is 5.69 Å². The molecule has 1 heterocycles. The van der Waals surface area contributed by atoms with Crippen molar-refractivity contribution in [2.75, 3.05) is 11.4 Å². The minimum Gasteiger partial charge on any atom is -0.479 e. The molecule has 0 aromatic heterocycles. The number of benzene rings is 1. The number of carbonyl (C=O) groups excluding carboxylic acids is 2. The number of hydrogen-bond donors (Lipinski definition) is 1. The van der Waals surface area contributed by atoms with Crippen molar-refractivity contribution in [1.82, 2.24) is 5.32 Å². The molecule has 0 radical (unpaired) electrons. The van der Waals surface area contributed by atoms with Crippen LogP contribution in [0.25, 0.3) is 0 Å². The van der Waals surface area contributed by atoms with Gasteiger partial charge in [-0.05, 0) is 39.8 Å². The lowest BCUT2D eigenvalue weighted by Gasteiger charge is -2.33. The predicted molar refractivity (Wildman–Crippen MR) is 76.8 cm³/mol. The van der Waals surface area contributed by atoms with Crippen LogP contribution >= 0.6 is 0 Å². The number of amides is 2. The summed E-state index contributed by atoms with van der Waals surface area (Å²) in [4.78, 5) is 25.7. The van der Waals surface area contributed by atoms with Crippen molar-refractivity contribution in [3.8, 4) is 5.75 Å². The molecule has 1 N–H and O–H groups in total. The van der Waals surface area contributed by atoms with Crippen LogP contribution in [0.3, 0.4) is 0 Å². The summed E-state index contributed by atoms with van der Waals surface area (Å²) in [6.07, 6.45) is -0.577. The minimum absolute atomic E-state index is 0.000810. The fourth-order valence-electron chi connectivity index (χ4n) is 2.12. The number of nitrogens with zero attached hydrogens (tertiary/aromatic N) is 1. The summed E-state index contributed by atoms with van der Waals surface area (Å²) in [6.45, 7) is 7.40. The van der Waals surface area contributed by atoms with Gasteiger partial charge < -0.3 is 10.1 Å². The van der Waals surface area contributed by atoms with E-state index in [0.29, 0.717) is 11.4 Å². The normalized spacial score (nSPS) is 18.3. The van der Waals surface area contributed by atoms with Gasteiger partial charge in [0.15, 0.2) is 6.10 Å². The Bertz CT molecular complexity index is 534. The molecule has 0 bridgehead atoms. The summed E-state index contributed by atoms with van der Waals surface area (Å²) in [6, 6.07) is 7.24. The molecule has 5 nitrogen and oxygen atoms in total. The van der Waals surface area contributed by atoms with E-state index in [2.05, 4.69) is 5.32 Å². The molecule has 2 amide bonds. The van der Waals surface area contributed by atoms with Gasteiger partial charge in [0.2, 0.25) is 5.91 Å². The first kappa shape index (κ1) is 14.4. The number of nitrogens with one attached hydrogen (secondary N) is 1. The summed E-state index contributed by atoms with van der Waals surface area (Å²) in [5.74, 6) is 0.241. The molecule has 2 rings (SSSR count). The molecular weight excluding hydrogens is 256 g/mol. The Morgan fingerprint density at radius 3 is 2.65 bits per heavy atom. The first-order valence-electron chi connectivity index (χ1n) is 6.66. The van der Waals surface area contributed by atoms with Crippen molar-refractivity contribution in [3.05, 3.63) is 24.3 Å². The molecule has 1 atom stereocenters. The van der Waals surface area contributed by atoms with Crippen LogP contribution in [-0.4, -0.2) is 30.0 Å². The second-order valence-corrected chi connectivity index (χ2v) is 5.95. The Balaban J connectivity index is 2.22. The van der Waals surface area contributed by atoms with Crippen LogP contribution in [-0.2, 0) is 9.59 Å². The standard InChI is InChI=1S/C15H20N2O3/c1-10-14(19)17(9-13(18)16-15(2,3)4)11-7-5-6-8-12(11)20-10/h5-8,10H,9H2,1-4H3,(H,16,18)/t10-/m0/s1. The lowest BCUT2D eigenvalue weighted by atomic mass is 10.1. The molecule has 0 spiro atoms. The SMILES string of the molecule is C[C@@H]1Oc2ccccc2N(CC(=O)NC(C)(C)C)C1=O. The topological polar surface area (TPSA) is 58.6 Å². The average Bonchev–Trinajstić information content (AvgIpc) is 2.32. The van der Waals surface area contributed by atoms with Crippen LogP contribution in [0.4, 0.5) is 5.69 Å². The van der Waals surface area contributed by atoms with E-state index in [-0.39, 0.29) is 23.9 Å². The molecule has 108 valence electrons. The van der Waals surface area contributed by atoms with E-state index >= 15 is 0 Å². The quantitative estimate of drug-likeness (QED) is 0.894. The molecule has 1 aromatic rings. The van der Waals surface area contributed by atoms with Crippen LogP contribution in [0, 0.1) is 0 Å². The smallest absolute Gasteiger partial charge is 0.268 e. The molecule has 1 aliphatic heterocycles. The van der Waals surface area contributed by atoms with Gasteiger partial charge in [-0.15, -0.1) is 0 Å². The zero-order valence-corrected chi connectivity index (χ0v) is 12.3. The monoisotopic (exact) mass is 276 g/mol. The molecule has 0 fully saturated rings. The number of ether oxygens (including phenoxy) is 1. The largest absolute Gasteiger partial charge is 0.479 e. The summed E-state index contributed by atoms with van der Waals surface area (Å²) in [7, 11) is 0. The minimum atomic E-state index is -0.577. The summed E-state index contributed by atoms with van der Waals surface area (Å²) >= 11 is 0. The second kappa shape index (κ2) is 5.15. The summed E-state index contributed by atoms with van der Waals surface area (Å²) in [5.41, 5.74) is 0.317. The zero-order valence-electron chi connectivity index (χ0n) is 12.3. The first-order chi connectivity index (χ1) is 9.28. The third kappa shape index (κ3) is 3.10. The van der Waals surface area contributed by atoms with Gasteiger partial charge in [-0.25, -0.2) is 0 Å². The molecule has 0 saturated heterocycles. The fraction of sp³-hybridized carbons (Fsp3) is 0.467. The zero-order chi connectivity index (χ0) is 14.9. The van der Waals surface area contributed by atoms with Crippen LogP contribution in [0.15, 0.2) is 24.3 Å². The maximum atomic E-state index is 12.2. The van der Waals surface area contributed by atoms with Crippen LogP contribution in [0.5, 0.6) is 5.75 Å². The highest BCUT2D eigenvalue weighted by molar-refractivity contribution is 6.03. The molecule has 5 heteroatoms. The first-order valence-corrected chi connectivity index (χ1v) is 6.66. The van der Waals surface area contributed by atoms with E-state index in [4.69, 9.17) is 4.74 Å². The number of carbonyl (C=O) groups is 2. The van der Waals surface area contributed by atoms with E-state index in [0.717, 1.165) is 0 Å². The molecule has 1 aromatic carbocycles. The fourth-order valence-corrected chi connectivity index (χ4v) is 2.12. The second-order valence-electron chi connectivity index (χ2n) is 5.95. The number of rotatable bonds is 2. The summed E-state index contributed by atoms with van der Waals surface area (Å²) < 4.78 is 5.53. The third-order valence-corrected chi connectivity index (χ3v) is 2.89. The van der Waals surface area contributed by atoms with E-state index in [1.807, 2.05) is 32.9 Å². The highest BCUT2D eigenvalue weighted by Gasteiger charge is 2.32. The maximum absolute atomic E-state index is 12.2. The van der Waals surface area contributed by atoms with Crippen molar-refractivity contribution in [2.24, 2.45) is 0 Å². The van der Waals surface area contributed by atoms with Gasteiger partial charge >= 0.3 is 0 Å². The van der Waals surface area contributed by atoms with E-state index in [1.165, 1.54) is 4.90 Å². The molecule has 0 saturated carbocycles. The average molecular weight is 276 g/mol. The van der Waals surface area contributed by atoms with Gasteiger partial charge in [-0.2, -0.15) is 0 Å². The van der Waals surface area contributed by atoms with Crippen LogP contribution in [0.1, 0.15) is 27.7 Å². The van der Waals surface area contributed by atoms with Crippen LogP contribution in [0.2, 0.25) is 0 Å². The van der Waals surface area contributed by atoms with E-state index in [9.17, 15) is 9.59 Å². The van der Waals surface area contributed by atoms with Crippen LogP contribution < -0.4 is 15.0 Å². The lowest BCUT2D eigenvalue weighted by molar-refractivity contribution is -0.128. The highest BCUT2D eigenvalue weighted by atomic mass is 16.5. The Kier molecular flexibility index (Phi) is 3.70.